The molecular weight excluding hydrogens is 563 g/mol. The molecule has 0 spiro atoms. The quantitative estimate of drug-likeness (QED) is 0.203. The lowest BCUT2D eigenvalue weighted by molar-refractivity contribution is -0.115. The van der Waals surface area contributed by atoms with E-state index in [0.717, 1.165) is 16.0 Å². The van der Waals surface area contributed by atoms with Crippen molar-refractivity contribution in [3.05, 3.63) is 117 Å². The summed E-state index contributed by atoms with van der Waals surface area (Å²) < 4.78 is 5.42. The number of halogens is 3. The Balaban J connectivity index is 1.53. The maximum absolute atomic E-state index is 13.5. The summed E-state index contributed by atoms with van der Waals surface area (Å²) in [6.45, 7) is 1.86. The van der Waals surface area contributed by atoms with E-state index in [1.807, 2.05) is 49.4 Å². The second-order valence-electron chi connectivity index (χ2n) is 8.30. The van der Waals surface area contributed by atoms with E-state index in [9.17, 15) is 9.59 Å². The van der Waals surface area contributed by atoms with E-state index in [0.29, 0.717) is 32.7 Å². The highest BCUT2D eigenvalue weighted by molar-refractivity contribution is 8.00. The Labute approximate surface area is 240 Å². The van der Waals surface area contributed by atoms with Crippen molar-refractivity contribution < 1.29 is 14.3 Å². The molecule has 2 N–H and O–H groups in total. The zero-order valence-corrected chi connectivity index (χ0v) is 23.5. The summed E-state index contributed by atoms with van der Waals surface area (Å²) in [5.41, 5.74) is 3.12. The van der Waals surface area contributed by atoms with Gasteiger partial charge in [0.15, 0.2) is 0 Å². The van der Waals surface area contributed by atoms with Crippen LogP contribution in [0.15, 0.2) is 89.8 Å². The van der Waals surface area contributed by atoms with Crippen molar-refractivity contribution in [3.63, 3.8) is 0 Å². The molecule has 38 heavy (non-hydrogen) atoms. The maximum atomic E-state index is 13.5. The van der Waals surface area contributed by atoms with Crippen LogP contribution in [0.1, 0.15) is 26.7 Å². The van der Waals surface area contributed by atoms with Gasteiger partial charge >= 0.3 is 0 Å². The van der Waals surface area contributed by atoms with Crippen molar-refractivity contribution in [2.75, 3.05) is 17.7 Å². The molecule has 2 amide bonds. The predicted molar refractivity (Wildman–Crippen MR) is 157 cm³/mol. The van der Waals surface area contributed by atoms with Gasteiger partial charge in [-0.2, -0.15) is 0 Å². The molecule has 194 valence electrons. The minimum absolute atomic E-state index is 0.212. The summed E-state index contributed by atoms with van der Waals surface area (Å²) in [5.74, 6) is -0.0801. The van der Waals surface area contributed by atoms with Gasteiger partial charge in [0.1, 0.15) is 11.0 Å². The van der Waals surface area contributed by atoms with Gasteiger partial charge < -0.3 is 15.4 Å². The van der Waals surface area contributed by atoms with E-state index < -0.39 is 5.25 Å². The van der Waals surface area contributed by atoms with E-state index in [-0.39, 0.29) is 16.8 Å². The number of hydrogen-bond donors (Lipinski definition) is 2. The number of carbonyl (C=O) groups excluding carboxylic acids is 2. The number of methoxy groups -OCH3 is 1. The summed E-state index contributed by atoms with van der Waals surface area (Å²) >= 11 is 19.7. The summed E-state index contributed by atoms with van der Waals surface area (Å²) in [6, 6.07) is 24.9. The summed E-state index contributed by atoms with van der Waals surface area (Å²) in [5, 5.41) is 6.55. The Morgan fingerprint density at radius 2 is 1.55 bits per heavy atom. The van der Waals surface area contributed by atoms with Crippen molar-refractivity contribution in [2.24, 2.45) is 0 Å². The van der Waals surface area contributed by atoms with E-state index in [1.165, 1.54) is 24.9 Å². The molecule has 4 aromatic carbocycles. The maximum Gasteiger partial charge on any atom is 0.257 e. The normalized spacial score (nSPS) is 11.5. The molecule has 0 bridgehead atoms. The minimum atomic E-state index is -0.551. The highest BCUT2D eigenvalue weighted by atomic mass is 35.5. The second kappa shape index (κ2) is 12.6. The van der Waals surface area contributed by atoms with Crippen LogP contribution in [0, 0.1) is 6.92 Å². The number of aryl methyl sites for hydroxylation is 1. The van der Waals surface area contributed by atoms with Crippen LogP contribution in [-0.4, -0.2) is 18.9 Å². The Morgan fingerprint density at radius 1 is 0.842 bits per heavy atom. The number of rotatable bonds is 8. The fourth-order valence-corrected chi connectivity index (χ4v) is 5.33. The molecule has 1 unspecified atom stereocenters. The number of amides is 2. The molecule has 0 fully saturated rings. The van der Waals surface area contributed by atoms with E-state index >= 15 is 0 Å². The Bertz CT molecular complexity index is 1460. The molecule has 0 aromatic heterocycles. The van der Waals surface area contributed by atoms with Gasteiger partial charge in [0.2, 0.25) is 5.91 Å². The van der Waals surface area contributed by atoms with Crippen molar-refractivity contribution in [2.45, 2.75) is 17.1 Å². The number of carbonyl (C=O) groups is 2. The number of anilines is 2. The molecule has 9 heteroatoms. The molecule has 4 rings (SSSR count). The third-order valence-corrected chi connectivity index (χ3v) is 7.84. The molecule has 0 saturated heterocycles. The topological polar surface area (TPSA) is 67.4 Å². The molecule has 1 atom stereocenters. The molecule has 0 aliphatic heterocycles. The predicted octanol–water partition coefficient (Wildman–Crippen LogP) is 8.69. The number of thioether (sulfide) groups is 1. The lowest BCUT2D eigenvalue weighted by atomic mass is 10.1. The van der Waals surface area contributed by atoms with Gasteiger partial charge in [-0.3, -0.25) is 9.59 Å². The van der Waals surface area contributed by atoms with Crippen molar-refractivity contribution >= 4 is 69.8 Å². The largest absolute Gasteiger partial charge is 0.495 e. The number of ether oxygens (including phenoxy) is 1. The van der Waals surface area contributed by atoms with Gasteiger partial charge in [-0.15, -0.1) is 11.8 Å². The van der Waals surface area contributed by atoms with Crippen LogP contribution in [0.3, 0.4) is 0 Å². The number of hydrogen-bond acceptors (Lipinski definition) is 4. The highest BCUT2D eigenvalue weighted by Gasteiger charge is 2.24. The van der Waals surface area contributed by atoms with Gasteiger partial charge in [-0.1, -0.05) is 65.1 Å². The first-order valence-electron chi connectivity index (χ1n) is 11.5. The zero-order valence-electron chi connectivity index (χ0n) is 20.4. The van der Waals surface area contributed by atoms with Crippen LogP contribution in [0.25, 0.3) is 0 Å². The Morgan fingerprint density at radius 3 is 2.21 bits per heavy atom. The molecule has 5 nitrogen and oxygen atoms in total. The van der Waals surface area contributed by atoms with Gasteiger partial charge in [0.25, 0.3) is 5.91 Å². The van der Waals surface area contributed by atoms with Crippen LogP contribution >= 0.6 is 46.6 Å². The average Bonchev–Trinajstić information content (AvgIpc) is 2.90. The third-order valence-electron chi connectivity index (χ3n) is 5.62. The first-order valence-corrected chi connectivity index (χ1v) is 13.5. The molecule has 4 aromatic rings. The fraction of sp³-hybridized carbons (Fsp3) is 0.103. The van der Waals surface area contributed by atoms with Crippen LogP contribution in [0.2, 0.25) is 15.1 Å². The molecule has 0 heterocycles. The average molecular weight is 586 g/mol. The smallest absolute Gasteiger partial charge is 0.257 e. The van der Waals surface area contributed by atoms with E-state index in [1.54, 1.807) is 36.4 Å². The molecule has 0 saturated carbocycles. The van der Waals surface area contributed by atoms with Crippen molar-refractivity contribution in [3.8, 4) is 5.75 Å². The van der Waals surface area contributed by atoms with Crippen LogP contribution < -0.4 is 15.4 Å². The van der Waals surface area contributed by atoms with E-state index in [4.69, 9.17) is 39.5 Å². The summed E-state index contributed by atoms with van der Waals surface area (Å²) in [7, 11) is 1.53. The Kier molecular flexibility index (Phi) is 9.23. The lowest BCUT2D eigenvalue weighted by Crippen LogP contribution is -2.19. The molecule has 0 aliphatic carbocycles. The highest BCUT2D eigenvalue weighted by Crippen LogP contribution is 2.38. The van der Waals surface area contributed by atoms with Crippen LogP contribution in [0.4, 0.5) is 11.4 Å². The third kappa shape index (κ3) is 6.83. The van der Waals surface area contributed by atoms with Crippen molar-refractivity contribution in [1.29, 1.82) is 0 Å². The second-order valence-corrected chi connectivity index (χ2v) is 10.7. The number of nitrogens with one attached hydrogen (secondary N) is 2. The first-order chi connectivity index (χ1) is 18.2. The molecular formula is C29H23Cl3N2O3S. The summed E-state index contributed by atoms with van der Waals surface area (Å²) in [6.07, 6.45) is 0. The fourth-order valence-electron chi connectivity index (χ4n) is 3.65. The van der Waals surface area contributed by atoms with Crippen LogP contribution in [0.5, 0.6) is 5.75 Å². The van der Waals surface area contributed by atoms with Gasteiger partial charge in [0.05, 0.1) is 23.4 Å². The summed E-state index contributed by atoms with van der Waals surface area (Å²) in [4.78, 5) is 27.0. The van der Waals surface area contributed by atoms with Gasteiger partial charge in [0, 0.05) is 26.7 Å². The lowest BCUT2D eigenvalue weighted by Gasteiger charge is -2.19. The van der Waals surface area contributed by atoms with Gasteiger partial charge in [-0.25, -0.2) is 0 Å². The molecule has 0 aliphatic rings. The number of benzene rings is 4. The monoisotopic (exact) mass is 584 g/mol. The minimum Gasteiger partial charge on any atom is -0.495 e. The van der Waals surface area contributed by atoms with Gasteiger partial charge in [-0.05, 0) is 66.6 Å². The van der Waals surface area contributed by atoms with Crippen LogP contribution in [-0.2, 0) is 4.79 Å². The zero-order chi connectivity index (χ0) is 27.2. The van der Waals surface area contributed by atoms with E-state index in [2.05, 4.69) is 10.6 Å². The van der Waals surface area contributed by atoms with Crippen molar-refractivity contribution in [1.82, 2.24) is 0 Å². The SMILES string of the molecule is COc1cc(Cl)c(C)cc1NC(=O)C(Sc1ccc(NC(=O)c2ccc(Cl)cc2Cl)cc1)c1ccccc1. The first kappa shape index (κ1) is 27.9. The standard InChI is InChI=1S/C29H23Cl3N2O3S/c1-17-14-25(26(37-2)16-23(17)31)34-29(36)27(18-6-4-3-5-7-18)38-21-11-9-20(10-12-21)33-28(35)22-13-8-19(30)15-24(22)32/h3-16,27H,1-2H3,(H,33,35)(H,34,36). The molecule has 0 radical (unpaired) electrons. The Hall–Kier alpha value is -3.16.